The summed E-state index contributed by atoms with van der Waals surface area (Å²) in [5.41, 5.74) is -0.846. The number of anilines is 2. The number of aromatic nitrogens is 3. The van der Waals surface area contributed by atoms with Crippen molar-refractivity contribution in [3.8, 4) is 11.4 Å². The molecule has 2 saturated carbocycles. The molecule has 0 saturated heterocycles. The molecule has 0 unspecified atom stereocenters. The van der Waals surface area contributed by atoms with Crippen LogP contribution >= 0.6 is 22.6 Å². The molecule has 41 heavy (non-hydrogen) atoms. The average molecular weight is 671 g/mol. The van der Waals surface area contributed by atoms with Crippen molar-refractivity contribution in [3.05, 3.63) is 88.6 Å². The highest BCUT2D eigenvalue weighted by Crippen LogP contribution is 2.34. The summed E-state index contributed by atoms with van der Waals surface area (Å²) < 4.78 is 25.1. The van der Waals surface area contributed by atoms with Crippen molar-refractivity contribution in [2.75, 3.05) is 11.9 Å². The van der Waals surface area contributed by atoms with Crippen LogP contribution in [0, 0.1) is 16.3 Å². The van der Waals surface area contributed by atoms with E-state index in [0.717, 1.165) is 12.8 Å². The van der Waals surface area contributed by atoms with Crippen molar-refractivity contribution in [2.45, 2.75) is 44.7 Å². The standard InChI is InChI=1S/C29H27FIN5O5/c1-15-25-24(26(34(2)27(15)38)33-22-11-6-16(31)12-21(22)30)28(39)36(18-9-10-18)29(40)35(25)19-4-3-5-20(13-19)41-14-23(37)32-17-7-8-17/h3-6,11-13,17-18,33H,7-10,14H2,1-2H3,(H,32,37). The maximum Gasteiger partial charge on any atom is 0.336 e. The molecule has 0 bridgehead atoms. The highest BCUT2D eigenvalue weighted by Gasteiger charge is 2.32. The number of carbonyl (C=O) groups is 1. The summed E-state index contributed by atoms with van der Waals surface area (Å²) >= 11 is 1.99. The van der Waals surface area contributed by atoms with Crippen molar-refractivity contribution in [2.24, 2.45) is 7.05 Å². The van der Waals surface area contributed by atoms with Gasteiger partial charge in [-0.3, -0.25) is 28.1 Å². The Balaban J connectivity index is 1.55. The van der Waals surface area contributed by atoms with Crippen molar-refractivity contribution in [3.63, 3.8) is 0 Å². The Morgan fingerprint density at radius 1 is 1.07 bits per heavy atom. The van der Waals surface area contributed by atoms with Crippen LogP contribution in [-0.2, 0) is 11.8 Å². The van der Waals surface area contributed by atoms with Crippen LogP contribution in [-0.4, -0.2) is 32.3 Å². The summed E-state index contributed by atoms with van der Waals surface area (Å²) in [6.45, 7) is 1.37. The van der Waals surface area contributed by atoms with Gasteiger partial charge in [0.2, 0.25) is 0 Å². The predicted octanol–water partition coefficient (Wildman–Crippen LogP) is 3.64. The minimum Gasteiger partial charge on any atom is -0.484 e. The van der Waals surface area contributed by atoms with Crippen LogP contribution in [0.2, 0.25) is 0 Å². The van der Waals surface area contributed by atoms with Gasteiger partial charge in [-0.1, -0.05) is 6.07 Å². The third-order valence-corrected chi connectivity index (χ3v) is 8.00. The molecule has 0 aliphatic heterocycles. The van der Waals surface area contributed by atoms with E-state index in [1.54, 1.807) is 37.3 Å². The molecule has 2 aliphatic rings. The summed E-state index contributed by atoms with van der Waals surface area (Å²) in [6.07, 6.45) is 3.25. The van der Waals surface area contributed by atoms with E-state index in [4.69, 9.17) is 4.74 Å². The number of nitrogens with one attached hydrogen (secondary N) is 2. The summed E-state index contributed by atoms with van der Waals surface area (Å²) in [6, 6.07) is 11.1. The van der Waals surface area contributed by atoms with Gasteiger partial charge < -0.3 is 15.4 Å². The van der Waals surface area contributed by atoms with Gasteiger partial charge in [0, 0.05) is 34.3 Å². The van der Waals surface area contributed by atoms with E-state index in [1.165, 1.54) is 32.9 Å². The van der Waals surface area contributed by atoms with Crippen LogP contribution in [0.5, 0.6) is 5.75 Å². The normalized spacial score (nSPS) is 14.7. The van der Waals surface area contributed by atoms with Gasteiger partial charge in [0.25, 0.3) is 17.0 Å². The number of amides is 1. The van der Waals surface area contributed by atoms with Gasteiger partial charge in [-0.25, -0.2) is 9.18 Å². The number of pyridine rings is 1. The molecule has 212 valence electrons. The zero-order valence-electron chi connectivity index (χ0n) is 22.4. The molecule has 2 N–H and O–H groups in total. The van der Waals surface area contributed by atoms with E-state index < -0.39 is 22.6 Å². The molecule has 6 rings (SSSR count). The molecule has 12 heteroatoms. The lowest BCUT2D eigenvalue weighted by atomic mass is 10.1. The van der Waals surface area contributed by atoms with Gasteiger partial charge in [-0.05, 0) is 85.5 Å². The van der Waals surface area contributed by atoms with Gasteiger partial charge in [0.15, 0.2) is 6.61 Å². The SMILES string of the molecule is Cc1c(=O)n(C)c(Nc2ccc(I)cc2F)c2c(=O)n(C3CC3)c(=O)n(-c3cccc(OCC(=O)NC4CC4)c3)c12. The Bertz CT molecular complexity index is 1910. The summed E-state index contributed by atoms with van der Waals surface area (Å²) in [4.78, 5) is 53.5. The number of aryl methyl sites for hydroxylation is 1. The van der Waals surface area contributed by atoms with E-state index >= 15 is 0 Å². The fourth-order valence-corrected chi connectivity index (χ4v) is 5.39. The molecule has 2 heterocycles. The van der Waals surface area contributed by atoms with Crippen LogP contribution in [0.15, 0.2) is 56.8 Å². The zero-order chi connectivity index (χ0) is 29.0. The van der Waals surface area contributed by atoms with E-state index in [9.17, 15) is 23.6 Å². The number of fused-ring (bicyclic) bond motifs is 1. The van der Waals surface area contributed by atoms with Gasteiger partial charge >= 0.3 is 5.69 Å². The molecular formula is C29H27FIN5O5. The minimum atomic E-state index is -0.587. The first-order valence-corrected chi connectivity index (χ1v) is 14.4. The maximum atomic E-state index is 14.9. The number of benzene rings is 2. The van der Waals surface area contributed by atoms with Crippen LogP contribution in [0.25, 0.3) is 16.6 Å². The Kier molecular flexibility index (Phi) is 6.96. The molecule has 0 atom stereocenters. The van der Waals surface area contributed by atoms with Crippen LogP contribution in [0.3, 0.4) is 0 Å². The largest absolute Gasteiger partial charge is 0.484 e. The van der Waals surface area contributed by atoms with Crippen LogP contribution < -0.4 is 32.2 Å². The number of carbonyl (C=O) groups excluding carboxylic acids is 1. The number of hydrogen-bond donors (Lipinski definition) is 2. The first-order valence-electron chi connectivity index (χ1n) is 13.3. The molecular weight excluding hydrogens is 644 g/mol. The fraction of sp³-hybridized carbons (Fsp3) is 0.310. The van der Waals surface area contributed by atoms with Crippen molar-refractivity contribution in [1.82, 2.24) is 19.0 Å². The second-order valence-electron chi connectivity index (χ2n) is 10.5. The molecule has 1 amide bonds. The number of nitrogens with zero attached hydrogens (tertiary/aromatic N) is 3. The van der Waals surface area contributed by atoms with Gasteiger partial charge in [-0.2, -0.15) is 0 Å². The topological polar surface area (TPSA) is 116 Å². The number of halogens is 2. The summed E-state index contributed by atoms with van der Waals surface area (Å²) in [5.74, 6) is -0.364. The Hall–Kier alpha value is -3.94. The van der Waals surface area contributed by atoms with Crippen molar-refractivity contribution in [1.29, 1.82) is 0 Å². The fourth-order valence-electron chi connectivity index (χ4n) is 4.93. The minimum absolute atomic E-state index is 0.0769. The van der Waals surface area contributed by atoms with E-state index in [2.05, 4.69) is 10.6 Å². The lowest BCUT2D eigenvalue weighted by Gasteiger charge is -2.21. The van der Waals surface area contributed by atoms with E-state index in [1.807, 2.05) is 22.6 Å². The third-order valence-electron chi connectivity index (χ3n) is 7.33. The number of rotatable bonds is 8. The quantitative estimate of drug-likeness (QED) is 0.277. The third kappa shape index (κ3) is 5.16. The number of ether oxygens (including phenoxy) is 1. The van der Waals surface area contributed by atoms with E-state index in [-0.39, 0.29) is 52.6 Å². The second-order valence-corrected chi connectivity index (χ2v) is 11.7. The number of hydrogen-bond acceptors (Lipinski definition) is 6. The zero-order valence-corrected chi connectivity index (χ0v) is 24.5. The highest BCUT2D eigenvalue weighted by molar-refractivity contribution is 14.1. The molecule has 2 aliphatic carbocycles. The van der Waals surface area contributed by atoms with Gasteiger partial charge in [0.1, 0.15) is 22.8 Å². The van der Waals surface area contributed by atoms with Crippen molar-refractivity contribution < 1.29 is 13.9 Å². The Morgan fingerprint density at radius 3 is 2.51 bits per heavy atom. The van der Waals surface area contributed by atoms with Gasteiger partial charge in [-0.15, -0.1) is 0 Å². The maximum absolute atomic E-state index is 14.9. The summed E-state index contributed by atoms with van der Waals surface area (Å²) in [5, 5.41) is 5.90. The molecule has 0 spiro atoms. The van der Waals surface area contributed by atoms with Crippen molar-refractivity contribution >= 4 is 50.9 Å². The Labute approximate surface area is 246 Å². The molecule has 2 aromatic heterocycles. The van der Waals surface area contributed by atoms with Crippen LogP contribution in [0.1, 0.15) is 37.3 Å². The molecule has 2 aromatic carbocycles. The summed E-state index contributed by atoms with van der Waals surface area (Å²) in [7, 11) is 1.50. The lowest BCUT2D eigenvalue weighted by Crippen LogP contribution is -2.41. The smallest absolute Gasteiger partial charge is 0.336 e. The molecule has 0 radical (unpaired) electrons. The Morgan fingerprint density at radius 2 is 1.83 bits per heavy atom. The molecule has 4 aromatic rings. The first kappa shape index (κ1) is 27.2. The second kappa shape index (κ2) is 10.5. The van der Waals surface area contributed by atoms with Crippen LogP contribution in [0.4, 0.5) is 15.9 Å². The molecule has 10 nitrogen and oxygen atoms in total. The first-order chi connectivity index (χ1) is 19.6. The monoisotopic (exact) mass is 671 g/mol. The average Bonchev–Trinajstić information content (AvgIpc) is 3.87. The molecule has 2 fully saturated rings. The highest BCUT2D eigenvalue weighted by atomic mass is 127. The lowest BCUT2D eigenvalue weighted by molar-refractivity contribution is -0.123. The van der Waals surface area contributed by atoms with E-state index in [0.29, 0.717) is 27.8 Å². The van der Waals surface area contributed by atoms with Gasteiger partial charge in [0.05, 0.1) is 16.9 Å². The predicted molar refractivity (Wildman–Crippen MR) is 161 cm³/mol.